The molecule has 1 amide bonds. The van der Waals surface area contributed by atoms with Crippen molar-refractivity contribution >= 4 is 5.91 Å². The van der Waals surface area contributed by atoms with Crippen LogP contribution in [0.3, 0.4) is 0 Å². The average molecular weight is 268 g/mol. The summed E-state index contributed by atoms with van der Waals surface area (Å²) in [5, 5.41) is 3.09. The molecule has 2 fully saturated rings. The van der Waals surface area contributed by atoms with E-state index in [-0.39, 0.29) is 17.9 Å². The van der Waals surface area contributed by atoms with Gasteiger partial charge < -0.3 is 15.8 Å². The summed E-state index contributed by atoms with van der Waals surface area (Å²) in [5.41, 5.74) is 5.69. The minimum Gasteiger partial charge on any atom is -0.376 e. The van der Waals surface area contributed by atoms with Crippen LogP contribution in [0.25, 0.3) is 0 Å². The number of amides is 1. The van der Waals surface area contributed by atoms with Crippen LogP contribution in [0.15, 0.2) is 0 Å². The van der Waals surface area contributed by atoms with E-state index in [2.05, 4.69) is 5.32 Å². The molecule has 2 atom stereocenters. The molecule has 2 aliphatic rings. The summed E-state index contributed by atoms with van der Waals surface area (Å²) in [6.07, 6.45) is 9.49. The van der Waals surface area contributed by atoms with Gasteiger partial charge in [-0.1, -0.05) is 19.3 Å². The van der Waals surface area contributed by atoms with E-state index < -0.39 is 0 Å². The van der Waals surface area contributed by atoms with Gasteiger partial charge in [0.05, 0.1) is 6.10 Å². The zero-order valence-electron chi connectivity index (χ0n) is 11.9. The standard InChI is InChI=1S/C15H28N2O2/c16-9-8-14(12-5-2-1-3-6-12)15(18)17-11-13-7-4-10-19-13/h12-14H,1-11,16H2,(H,17,18). The number of hydrogen-bond acceptors (Lipinski definition) is 3. The van der Waals surface area contributed by atoms with Crippen molar-refractivity contribution in [3.8, 4) is 0 Å². The highest BCUT2D eigenvalue weighted by Gasteiger charge is 2.29. The van der Waals surface area contributed by atoms with Crippen LogP contribution in [0.5, 0.6) is 0 Å². The van der Waals surface area contributed by atoms with Crippen molar-refractivity contribution in [2.45, 2.75) is 57.5 Å². The smallest absolute Gasteiger partial charge is 0.223 e. The van der Waals surface area contributed by atoms with E-state index in [1.807, 2.05) is 0 Å². The highest BCUT2D eigenvalue weighted by Crippen LogP contribution is 2.31. The number of carbonyl (C=O) groups excluding carboxylic acids is 1. The van der Waals surface area contributed by atoms with Gasteiger partial charge in [0.15, 0.2) is 0 Å². The Kier molecular flexibility index (Phi) is 6.11. The quantitative estimate of drug-likeness (QED) is 0.772. The van der Waals surface area contributed by atoms with Gasteiger partial charge in [-0.3, -0.25) is 4.79 Å². The molecule has 1 aliphatic heterocycles. The summed E-state index contributed by atoms with van der Waals surface area (Å²) in [5.74, 6) is 0.862. The zero-order chi connectivity index (χ0) is 13.5. The normalized spacial score (nSPS) is 26.3. The molecule has 3 N–H and O–H groups in total. The lowest BCUT2D eigenvalue weighted by molar-refractivity contribution is -0.127. The average Bonchev–Trinajstić information content (AvgIpc) is 2.96. The molecule has 4 heteroatoms. The fraction of sp³-hybridized carbons (Fsp3) is 0.933. The van der Waals surface area contributed by atoms with E-state index >= 15 is 0 Å². The Morgan fingerprint density at radius 3 is 2.63 bits per heavy atom. The van der Waals surface area contributed by atoms with Gasteiger partial charge in [-0.15, -0.1) is 0 Å². The Labute approximate surface area is 116 Å². The predicted octanol–water partition coefficient (Wildman–Crippen LogP) is 1.83. The molecule has 0 aromatic rings. The fourth-order valence-corrected chi connectivity index (χ4v) is 3.45. The van der Waals surface area contributed by atoms with Crippen molar-refractivity contribution in [1.29, 1.82) is 0 Å². The van der Waals surface area contributed by atoms with Crippen LogP contribution in [0.2, 0.25) is 0 Å². The third kappa shape index (κ3) is 4.46. The number of carbonyl (C=O) groups is 1. The van der Waals surface area contributed by atoms with Crippen LogP contribution in [-0.2, 0) is 9.53 Å². The van der Waals surface area contributed by atoms with E-state index in [1.54, 1.807) is 0 Å². The molecule has 0 radical (unpaired) electrons. The maximum atomic E-state index is 12.4. The SMILES string of the molecule is NCCC(C(=O)NCC1CCCO1)C1CCCCC1. The zero-order valence-corrected chi connectivity index (χ0v) is 11.9. The van der Waals surface area contributed by atoms with Crippen LogP contribution in [0.4, 0.5) is 0 Å². The number of ether oxygens (including phenoxy) is 1. The van der Waals surface area contributed by atoms with Crippen molar-refractivity contribution in [1.82, 2.24) is 5.32 Å². The summed E-state index contributed by atoms with van der Waals surface area (Å²) in [6.45, 7) is 2.12. The molecule has 0 spiro atoms. The number of nitrogens with two attached hydrogens (primary N) is 1. The lowest BCUT2D eigenvalue weighted by Crippen LogP contribution is -2.40. The lowest BCUT2D eigenvalue weighted by atomic mass is 9.78. The molecule has 2 rings (SSSR count). The van der Waals surface area contributed by atoms with Gasteiger partial charge in [0.1, 0.15) is 0 Å². The van der Waals surface area contributed by atoms with Gasteiger partial charge in [0.2, 0.25) is 5.91 Å². The maximum Gasteiger partial charge on any atom is 0.223 e. The maximum absolute atomic E-state index is 12.4. The van der Waals surface area contributed by atoms with E-state index in [0.717, 1.165) is 25.9 Å². The van der Waals surface area contributed by atoms with E-state index in [9.17, 15) is 4.79 Å². The van der Waals surface area contributed by atoms with Crippen LogP contribution in [0, 0.1) is 11.8 Å². The second-order valence-corrected chi connectivity index (χ2v) is 5.96. The molecular formula is C15H28N2O2. The fourth-order valence-electron chi connectivity index (χ4n) is 3.45. The van der Waals surface area contributed by atoms with Gasteiger partial charge in [-0.05, 0) is 44.6 Å². The first kappa shape index (κ1) is 14.8. The molecular weight excluding hydrogens is 240 g/mol. The van der Waals surface area contributed by atoms with Gasteiger partial charge in [-0.2, -0.15) is 0 Å². The summed E-state index contributed by atoms with van der Waals surface area (Å²) < 4.78 is 5.55. The molecule has 1 saturated heterocycles. The monoisotopic (exact) mass is 268 g/mol. The molecule has 0 aromatic heterocycles. The topological polar surface area (TPSA) is 64.4 Å². The summed E-state index contributed by atoms with van der Waals surface area (Å²) in [7, 11) is 0. The van der Waals surface area contributed by atoms with Crippen molar-refractivity contribution in [3.05, 3.63) is 0 Å². The van der Waals surface area contributed by atoms with Gasteiger partial charge in [0.25, 0.3) is 0 Å². The molecule has 1 heterocycles. The Bertz CT molecular complexity index is 271. The first-order valence-electron chi connectivity index (χ1n) is 7.90. The minimum absolute atomic E-state index is 0.117. The Balaban J connectivity index is 1.80. The second-order valence-electron chi connectivity index (χ2n) is 5.96. The first-order valence-corrected chi connectivity index (χ1v) is 7.90. The van der Waals surface area contributed by atoms with Crippen molar-refractivity contribution in [2.24, 2.45) is 17.6 Å². The number of rotatable bonds is 6. The van der Waals surface area contributed by atoms with Crippen molar-refractivity contribution in [3.63, 3.8) is 0 Å². The number of hydrogen-bond donors (Lipinski definition) is 2. The van der Waals surface area contributed by atoms with Crippen LogP contribution in [0.1, 0.15) is 51.4 Å². The number of nitrogens with one attached hydrogen (secondary N) is 1. The molecule has 19 heavy (non-hydrogen) atoms. The largest absolute Gasteiger partial charge is 0.376 e. The molecule has 2 unspecified atom stereocenters. The van der Waals surface area contributed by atoms with Crippen LogP contribution >= 0.6 is 0 Å². The highest BCUT2D eigenvalue weighted by molar-refractivity contribution is 5.79. The minimum atomic E-state index is 0.117. The molecule has 0 bridgehead atoms. The molecule has 1 aliphatic carbocycles. The van der Waals surface area contributed by atoms with E-state index in [0.29, 0.717) is 19.0 Å². The van der Waals surface area contributed by atoms with Crippen molar-refractivity contribution < 1.29 is 9.53 Å². The molecule has 0 aromatic carbocycles. The first-order chi connectivity index (χ1) is 9.31. The van der Waals surface area contributed by atoms with Gasteiger partial charge >= 0.3 is 0 Å². The van der Waals surface area contributed by atoms with E-state index in [1.165, 1.54) is 32.1 Å². The Morgan fingerprint density at radius 2 is 2.00 bits per heavy atom. The van der Waals surface area contributed by atoms with E-state index in [4.69, 9.17) is 10.5 Å². The Morgan fingerprint density at radius 1 is 1.21 bits per heavy atom. The molecule has 1 saturated carbocycles. The third-order valence-electron chi connectivity index (χ3n) is 4.56. The summed E-state index contributed by atoms with van der Waals surface area (Å²) in [6, 6.07) is 0. The van der Waals surface area contributed by atoms with Gasteiger partial charge in [-0.25, -0.2) is 0 Å². The predicted molar refractivity (Wildman–Crippen MR) is 75.7 cm³/mol. The molecule has 4 nitrogen and oxygen atoms in total. The van der Waals surface area contributed by atoms with Crippen molar-refractivity contribution in [2.75, 3.05) is 19.7 Å². The lowest BCUT2D eigenvalue weighted by Gasteiger charge is -2.29. The second kappa shape index (κ2) is 7.85. The van der Waals surface area contributed by atoms with Crippen LogP contribution in [-0.4, -0.2) is 31.7 Å². The Hall–Kier alpha value is -0.610. The van der Waals surface area contributed by atoms with Gasteiger partial charge in [0, 0.05) is 19.1 Å². The third-order valence-corrected chi connectivity index (χ3v) is 4.56. The van der Waals surface area contributed by atoms with Crippen LogP contribution < -0.4 is 11.1 Å². The summed E-state index contributed by atoms with van der Waals surface area (Å²) in [4.78, 5) is 12.4. The summed E-state index contributed by atoms with van der Waals surface area (Å²) >= 11 is 0. The molecule has 110 valence electrons. The highest BCUT2D eigenvalue weighted by atomic mass is 16.5.